The van der Waals surface area contributed by atoms with E-state index in [4.69, 9.17) is 14.2 Å². The Morgan fingerprint density at radius 1 is 0.977 bits per heavy atom. The second-order valence-electron chi connectivity index (χ2n) is 9.75. The van der Waals surface area contributed by atoms with Gasteiger partial charge in [0.05, 0.1) is 26.3 Å². The van der Waals surface area contributed by atoms with Gasteiger partial charge in [0.1, 0.15) is 23.6 Å². The summed E-state index contributed by atoms with van der Waals surface area (Å²) >= 11 is 0. The van der Waals surface area contributed by atoms with Gasteiger partial charge in [0, 0.05) is 47.5 Å². The summed E-state index contributed by atoms with van der Waals surface area (Å²) in [4.78, 5) is 35.5. The molecule has 1 N–H and O–H groups in total. The van der Waals surface area contributed by atoms with Gasteiger partial charge in [0.2, 0.25) is 5.43 Å². The number of aromatic nitrogens is 3. The van der Waals surface area contributed by atoms with Crippen LogP contribution in [0.4, 0.5) is 18.9 Å². The van der Waals surface area contributed by atoms with Gasteiger partial charge in [0.15, 0.2) is 23.1 Å². The van der Waals surface area contributed by atoms with Crippen molar-refractivity contribution in [3.05, 3.63) is 99.6 Å². The number of hydrogen-bond donors (Lipinski definition) is 1. The Morgan fingerprint density at radius 2 is 1.77 bits per heavy atom. The van der Waals surface area contributed by atoms with Gasteiger partial charge in [-0.25, -0.2) is 18.2 Å². The summed E-state index contributed by atoms with van der Waals surface area (Å²) in [6.07, 6.45) is 2.73. The fraction of sp³-hybridized carbons (Fsp3) is 0.188. The Labute approximate surface area is 249 Å². The first-order valence-electron chi connectivity index (χ1n) is 13.4. The minimum Gasteiger partial charge on any atom is -0.491 e. The lowest BCUT2D eigenvalue weighted by Crippen LogP contribution is -2.26. The van der Waals surface area contributed by atoms with Crippen molar-refractivity contribution in [2.75, 3.05) is 26.2 Å². The molecule has 12 heteroatoms. The SMILES string of the molecule is COc1cc2nccc(Oc3ccc(NC(=O)c4cn(CCF)c(C)c(-c5ccc(F)cc5C)c4=O)cc3F)c2nc1OC. The predicted molar refractivity (Wildman–Crippen MR) is 159 cm³/mol. The molecule has 0 aliphatic rings. The molecule has 0 saturated carbocycles. The van der Waals surface area contributed by atoms with E-state index in [0.717, 1.165) is 6.07 Å². The monoisotopic (exact) mass is 604 g/mol. The van der Waals surface area contributed by atoms with E-state index in [9.17, 15) is 18.4 Å². The molecule has 0 fully saturated rings. The van der Waals surface area contributed by atoms with Gasteiger partial charge in [-0.15, -0.1) is 0 Å². The van der Waals surface area contributed by atoms with Crippen molar-refractivity contribution < 1.29 is 32.2 Å². The molecule has 0 spiro atoms. The number of ether oxygens (including phenoxy) is 3. The Hall–Kier alpha value is -5.39. The summed E-state index contributed by atoms with van der Waals surface area (Å²) in [7, 11) is 2.89. The summed E-state index contributed by atoms with van der Waals surface area (Å²) in [6.45, 7) is 2.40. The first-order valence-corrected chi connectivity index (χ1v) is 13.4. The number of hydrogen-bond acceptors (Lipinski definition) is 7. The van der Waals surface area contributed by atoms with Gasteiger partial charge in [-0.05, 0) is 49.2 Å². The van der Waals surface area contributed by atoms with Crippen molar-refractivity contribution in [1.29, 1.82) is 0 Å². The molecule has 5 aromatic rings. The second kappa shape index (κ2) is 12.5. The van der Waals surface area contributed by atoms with Crippen LogP contribution in [0.5, 0.6) is 23.1 Å². The number of anilines is 1. The van der Waals surface area contributed by atoms with Crippen LogP contribution in [0.3, 0.4) is 0 Å². The topological polar surface area (TPSA) is 105 Å². The molecule has 5 rings (SSSR count). The van der Waals surface area contributed by atoms with Crippen LogP contribution in [0.2, 0.25) is 0 Å². The van der Waals surface area contributed by atoms with E-state index in [2.05, 4.69) is 15.3 Å². The van der Waals surface area contributed by atoms with Crippen LogP contribution < -0.4 is 25.0 Å². The zero-order chi connectivity index (χ0) is 31.5. The number of nitrogens with one attached hydrogen (secondary N) is 1. The van der Waals surface area contributed by atoms with Crippen LogP contribution in [0.1, 0.15) is 21.6 Å². The number of amides is 1. The molecule has 0 radical (unpaired) electrons. The first-order chi connectivity index (χ1) is 21.1. The van der Waals surface area contributed by atoms with E-state index >= 15 is 4.39 Å². The number of carbonyl (C=O) groups excluding carboxylic acids is 1. The van der Waals surface area contributed by atoms with Crippen molar-refractivity contribution in [2.45, 2.75) is 20.4 Å². The molecule has 44 heavy (non-hydrogen) atoms. The second-order valence-corrected chi connectivity index (χ2v) is 9.75. The molecule has 0 unspecified atom stereocenters. The molecular formula is C32H27F3N4O5. The fourth-order valence-corrected chi connectivity index (χ4v) is 4.83. The van der Waals surface area contributed by atoms with Crippen LogP contribution in [0, 0.1) is 25.5 Å². The number of halogens is 3. The molecule has 0 atom stereocenters. The summed E-state index contributed by atoms with van der Waals surface area (Å²) in [5, 5.41) is 2.53. The highest BCUT2D eigenvalue weighted by atomic mass is 19.1. The number of alkyl halides is 1. The van der Waals surface area contributed by atoms with Gasteiger partial charge < -0.3 is 24.1 Å². The Balaban J connectivity index is 1.45. The minimum atomic E-state index is -0.831. The smallest absolute Gasteiger partial charge is 0.261 e. The molecule has 3 heterocycles. The molecule has 0 aliphatic carbocycles. The van der Waals surface area contributed by atoms with Gasteiger partial charge >= 0.3 is 0 Å². The minimum absolute atomic E-state index is 0.0421. The van der Waals surface area contributed by atoms with Crippen LogP contribution in [0.25, 0.3) is 22.2 Å². The Kier molecular flexibility index (Phi) is 8.52. The Morgan fingerprint density at radius 3 is 2.45 bits per heavy atom. The summed E-state index contributed by atoms with van der Waals surface area (Å²) in [5.41, 5.74) is 1.30. The lowest BCUT2D eigenvalue weighted by Gasteiger charge is -2.17. The van der Waals surface area contributed by atoms with Crippen molar-refractivity contribution in [3.8, 4) is 34.3 Å². The fourth-order valence-electron chi connectivity index (χ4n) is 4.83. The number of fused-ring (bicyclic) bond motifs is 1. The zero-order valence-corrected chi connectivity index (χ0v) is 24.2. The van der Waals surface area contributed by atoms with E-state index < -0.39 is 29.6 Å². The third-order valence-corrected chi connectivity index (χ3v) is 7.01. The third-order valence-electron chi connectivity index (χ3n) is 7.01. The number of carbonyl (C=O) groups is 1. The molecule has 0 saturated heterocycles. The number of pyridine rings is 3. The molecule has 2 aromatic carbocycles. The summed E-state index contributed by atoms with van der Waals surface area (Å²) in [5.74, 6) is -1.54. The van der Waals surface area contributed by atoms with Gasteiger partial charge in [0.25, 0.3) is 11.8 Å². The van der Waals surface area contributed by atoms with Gasteiger partial charge in [-0.2, -0.15) is 0 Å². The number of nitrogens with zero attached hydrogens (tertiary/aromatic N) is 3. The third kappa shape index (κ3) is 5.78. The van der Waals surface area contributed by atoms with E-state index in [1.54, 1.807) is 19.9 Å². The normalized spacial score (nSPS) is 11.0. The average molecular weight is 605 g/mol. The first kappa shape index (κ1) is 30.1. The highest BCUT2D eigenvalue weighted by Crippen LogP contribution is 2.35. The highest BCUT2D eigenvalue weighted by Gasteiger charge is 2.21. The largest absolute Gasteiger partial charge is 0.491 e. The van der Waals surface area contributed by atoms with E-state index in [0.29, 0.717) is 33.6 Å². The maximum absolute atomic E-state index is 15.2. The quantitative estimate of drug-likeness (QED) is 0.208. The van der Waals surface area contributed by atoms with Crippen LogP contribution in [0.15, 0.2) is 65.7 Å². The molecule has 226 valence electrons. The van der Waals surface area contributed by atoms with Crippen LogP contribution in [-0.2, 0) is 6.54 Å². The lowest BCUT2D eigenvalue weighted by molar-refractivity contribution is 0.102. The summed E-state index contributed by atoms with van der Waals surface area (Å²) in [6, 6.07) is 10.8. The highest BCUT2D eigenvalue weighted by molar-refractivity contribution is 6.04. The van der Waals surface area contributed by atoms with E-state index in [1.165, 1.54) is 67.6 Å². The summed E-state index contributed by atoms with van der Waals surface area (Å²) < 4.78 is 60.1. The number of aryl methyl sites for hydroxylation is 2. The Bertz CT molecular complexity index is 1960. The number of benzene rings is 2. The van der Waals surface area contributed by atoms with E-state index in [-0.39, 0.29) is 40.7 Å². The number of methoxy groups -OCH3 is 2. The molecular weight excluding hydrogens is 577 g/mol. The predicted octanol–water partition coefficient (Wildman–Crippen LogP) is 6.38. The number of rotatable bonds is 9. The standard InChI is InChI=1S/C32H27F3N4O5/c1-17-13-19(34)5-7-21(17)28-18(2)39(12-10-33)16-22(30(28)40)31(41)37-20-6-8-25(23(35)14-20)44-26-9-11-36-24-15-27(42-3)32(43-4)38-29(24)26/h5-9,11,13-16H,10,12H2,1-4H3,(H,37,41). The van der Waals surface area contributed by atoms with Crippen LogP contribution >= 0.6 is 0 Å². The maximum atomic E-state index is 15.2. The molecule has 0 bridgehead atoms. The van der Waals surface area contributed by atoms with Crippen molar-refractivity contribution in [3.63, 3.8) is 0 Å². The van der Waals surface area contributed by atoms with Crippen molar-refractivity contribution in [2.24, 2.45) is 0 Å². The van der Waals surface area contributed by atoms with Gasteiger partial charge in [-0.1, -0.05) is 6.07 Å². The molecule has 0 aliphatic heterocycles. The zero-order valence-electron chi connectivity index (χ0n) is 24.2. The van der Waals surface area contributed by atoms with Crippen LogP contribution in [-0.4, -0.2) is 41.3 Å². The van der Waals surface area contributed by atoms with Crippen molar-refractivity contribution >= 4 is 22.6 Å². The molecule has 1 amide bonds. The van der Waals surface area contributed by atoms with E-state index in [1.807, 2.05) is 0 Å². The molecule has 9 nitrogen and oxygen atoms in total. The average Bonchev–Trinajstić information content (AvgIpc) is 3.00. The molecule has 3 aromatic heterocycles. The maximum Gasteiger partial charge on any atom is 0.261 e. The van der Waals surface area contributed by atoms with Gasteiger partial charge in [-0.3, -0.25) is 14.6 Å². The van der Waals surface area contributed by atoms with Crippen molar-refractivity contribution in [1.82, 2.24) is 14.5 Å². The lowest BCUT2D eigenvalue weighted by atomic mass is 9.97.